The van der Waals surface area contributed by atoms with Gasteiger partial charge >= 0.3 is 5.97 Å². The molecular weight excluding hydrogens is 372 g/mol. The number of hydrogen-bond acceptors (Lipinski definition) is 7. The van der Waals surface area contributed by atoms with Crippen molar-refractivity contribution in [2.24, 2.45) is 0 Å². The number of benzene rings is 1. The molecule has 3 heterocycles. The number of carbonyl (C=O) groups excluding carboxylic acids is 2. The highest BCUT2D eigenvalue weighted by Crippen LogP contribution is 2.31. The molecule has 0 saturated carbocycles. The third kappa shape index (κ3) is 4.17. The SMILES string of the molecule is COC(=O)c1ccc(N2CCN(Cc3ccc4c(c3)NC(=O)C(C)O4)CC2)nc1. The van der Waals surface area contributed by atoms with Gasteiger partial charge in [0.2, 0.25) is 0 Å². The molecule has 0 spiro atoms. The molecule has 1 amide bonds. The van der Waals surface area contributed by atoms with E-state index in [4.69, 9.17) is 9.47 Å². The largest absolute Gasteiger partial charge is 0.479 e. The Labute approximate surface area is 169 Å². The molecule has 152 valence electrons. The third-order valence-electron chi connectivity index (χ3n) is 5.25. The molecule has 1 fully saturated rings. The van der Waals surface area contributed by atoms with Gasteiger partial charge in [-0.25, -0.2) is 9.78 Å². The van der Waals surface area contributed by atoms with E-state index in [1.165, 1.54) is 7.11 Å². The number of hydrogen-bond donors (Lipinski definition) is 1. The van der Waals surface area contributed by atoms with Gasteiger partial charge in [-0.3, -0.25) is 9.69 Å². The number of pyridine rings is 1. The lowest BCUT2D eigenvalue weighted by Crippen LogP contribution is -2.46. The van der Waals surface area contributed by atoms with Crippen LogP contribution >= 0.6 is 0 Å². The molecule has 1 aromatic heterocycles. The molecule has 8 heteroatoms. The number of fused-ring (bicyclic) bond motifs is 1. The van der Waals surface area contributed by atoms with Crippen molar-refractivity contribution in [1.29, 1.82) is 0 Å². The molecule has 8 nitrogen and oxygen atoms in total. The Morgan fingerprint density at radius 2 is 2.03 bits per heavy atom. The Hall–Kier alpha value is -3.13. The van der Waals surface area contributed by atoms with Crippen LogP contribution in [-0.2, 0) is 16.1 Å². The molecule has 0 aliphatic carbocycles. The number of esters is 1. The number of methoxy groups -OCH3 is 1. The van der Waals surface area contributed by atoms with Crippen LogP contribution in [0.1, 0.15) is 22.8 Å². The van der Waals surface area contributed by atoms with Crippen LogP contribution in [0.15, 0.2) is 36.5 Å². The average Bonchev–Trinajstić information content (AvgIpc) is 2.75. The van der Waals surface area contributed by atoms with Crippen molar-refractivity contribution in [1.82, 2.24) is 9.88 Å². The van der Waals surface area contributed by atoms with Crippen LogP contribution in [0.5, 0.6) is 5.75 Å². The summed E-state index contributed by atoms with van der Waals surface area (Å²) in [5, 5.41) is 2.90. The molecule has 1 atom stereocenters. The number of nitrogens with one attached hydrogen (secondary N) is 1. The van der Waals surface area contributed by atoms with Crippen LogP contribution in [-0.4, -0.2) is 61.2 Å². The second-order valence-corrected chi connectivity index (χ2v) is 7.24. The quantitative estimate of drug-likeness (QED) is 0.791. The summed E-state index contributed by atoms with van der Waals surface area (Å²) in [7, 11) is 1.36. The fourth-order valence-corrected chi connectivity index (χ4v) is 3.56. The minimum absolute atomic E-state index is 0.117. The molecule has 29 heavy (non-hydrogen) atoms. The second-order valence-electron chi connectivity index (χ2n) is 7.24. The van der Waals surface area contributed by atoms with Crippen molar-refractivity contribution in [2.45, 2.75) is 19.6 Å². The van der Waals surface area contributed by atoms with Crippen LogP contribution in [0, 0.1) is 0 Å². The van der Waals surface area contributed by atoms with Gasteiger partial charge in [0.15, 0.2) is 6.10 Å². The predicted octanol–water partition coefficient (Wildman–Crippen LogP) is 1.91. The summed E-state index contributed by atoms with van der Waals surface area (Å²) >= 11 is 0. The highest BCUT2D eigenvalue weighted by Gasteiger charge is 2.24. The third-order valence-corrected chi connectivity index (χ3v) is 5.25. The number of amides is 1. The lowest BCUT2D eigenvalue weighted by atomic mass is 10.1. The van der Waals surface area contributed by atoms with E-state index in [2.05, 4.69) is 20.1 Å². The zero-order valence-electron chi connectivity index (χ0n) is 16.6. The summed E-state index contributed by atoms with van der Waals surface area (Å²) < 4.78 is 10.3. The zero-order valence-corrected chi connectivity index (χ0v) is 16.6. The lowest BCUT2D eigenvalue weighted by molar-refractivity contribution is -0.122. The molecule has 4 rings (SSSR count). The Kier molecular flexibility index (Phi) is 5.35. The molecule has 1 unspecified atom stereocenters. The second kappa shape index (κ2) is 8.08. The van der Waals surface area contributed by atoms with E-state index in [1.807, 2.05) is 24.3 Å². The molecule has 1 aromatic carbocycles. The first-order chi connectivity index (χ1) is 14.0. The lowest BCUT2D eigenvalue weighted by Gasteiger charge is -2.35. The normalized spacial score (nSPS) is 19.2. The van der Waals surface area contributed by atoms with Crippen LogP contribution < -0.4 is 15.0 Å². The summed E-state index contributed by atoms with van der Waals surface area (Å²) in [5.74, 6) is 1.08. The molecular formula is C21H24N4O4. The molecule has 2 aromatic rings. The standard InChI is InChI=1S/C21H24N4O4/c1-14-20(26)23-17-11-15(3-5-18(17)29-14)13-24-7-9-25(10-8-24)19-6-4-16(12-22-19)21(27)28-2/h3-6,11-12,14H,7-10,13H2,1-2H3,(H,23,26). The molecule has 2 aliphatic rings. The number of carbonyl (C=O) groups is 2. The van der Waals surface area contributed by atoms with Gasteiger partial charge in [0.1, 0.15) is 11.6 Å². The number of piperazine rings is 1. The van der Waals surface area contributed by atoms with Crippen LogP contribution in [0.3, 0.4) is 0 Å². The van der Waals surface area contributed by atoms with Gasteiger partial charge in [0.05, 0.1) is 18.4 Å². The fourth-order valence-electron chi connectivity index (χ4n) is 3.56. The van der Waals surface area contributed by atoms with Gasteiger partial charge in [-0.05, 0) is 36.8 Å². The number of aromatic nitrogens is 1. The Bertz CT molecular complexity index is 907. The summed E-state index contributed by atoms with van der Waals surface area (Å²) in [6.45, 7) is 6.05. The Morgan fingerprint density at radius 3 is 2.72 bits per heavy atom. The zero-order chi connectivity index (χ0) is 20.4. The molecule has 2 aliphatic heterocycles. The highest BCUT2D eigenvalue weighted by atomic mass is 16.5. The first kappa shape index (κ1) is 19.2. The van der Waals surface area contributed by atoms with Gasteiger partial charge in [-0.2, -0.15) is 0 Å². The van der Waals surface area contributed by atoms with Crippen LogP contribution in [0.2, 0.25) is 0 Å². The summed E-state index contributed by atoms with van der Waals surface area (Å²) in [6.07, 6.45) is 1.09. The van der Waals surface area contributed by atoms with Crippen molar-refractivity contribution in [2.75, 3.05) is 43.5 Å². The maximum absolute atomic E-state index is 11.8. The number of nitrogens with zero attached hydrogens (tertiary/aromatic N) is 3. The molecule has 1 N–H and O–H groups in total. The highest BCUT2D eigenvalue weighted by molar-refractivity contribution is 5.97. The monoisotopic (exact) mass is 396 g/mol. The summed E-state index contributed by atoms with van der Waals surface area (Å²) in [4.78, 5) is 32.3. The van der Waals surface area contributed by atoms with Crippen molar-refractivity contribution in [3.05, 3.63) is 47.7 Å². The number of ether oxygens (including phenoxy) is 2. The summed E-state index contributed by atoms with van der Waals surface area (Å²) in [6, 6.07) is 9.55. The predicted molar refractivity (Wildman–Crippen MR) is 108 cm³/mol. The molecule has 0 bridgehead atoms. The number of rotatable bonds is 4. The molecule has 0 radical (unpaired) electrons. The van der Waals surface area contributed by atoms with Crippen molar-refractivity contribution in [3.8, 4) is 5.75 Å². The van der Waals surface area contributed by atoms with Crippen molar-refractivity contribution < 1.29 is 19.1 Å². The number of anilines is 2. The smallest absolute Gasteiger partial charge is 0.339 e. The maximum atomic E-state index is 11.8. The molecule has 1 saturated heterocycles. The van der Waals surface area contributed by atoms with E-state index in [1.54, 1.807) is 19.2 Å². The first-order valence-corrected chi connectivity index (χ1v) is 9.65. The fraction of sp³-hybridized carbons (Fsp3) is 0.381. The van der Waals surface area contributed by atoms with Crippen LogP contribution in [0.4, 0.5) is 11.5 Å². The van der Waals surface area contributed by atoms with Crippen LogP contribution in [0.25, 0.3) is 0 Å². The summed E-state index contributed by atoms with van der Waals surface area (Å²) in [5.41, 5.74) is 2.32. The maximum Gasteiger partial charge on any atom is 0.339 e. The van der Waals surface area contributed by atoms with E-state index >= 15 is 0 Å². The van der Waals surface area contributed by atoms with Gasteiger partial charge in [-0.15, -0.1) is 0 Å². The van der Waals surface area contributed by atoms with E-state index in [-0.39, 0.29) is 11.9 Å². The average molecular weight is 396 g/mol. The van der Waals surface area contributed by atoms with Gasteiger partial charge < -0.3 is 19.7 Å². The van der Waals surface area contributed by atoms with Gasteiger partial charge in [0.25, 0.3) is 5.91 Å². The van der Waals surface area contributed by atoms with Gasteiger partial charge in [-0.1, -0.05) is 6.07 Å². The van der Waals surface area contributed by atoms with E-state index in [0.717, 1.165) is 49.8 Å². The Morgan fingerprint density at radius 1 is 1.24 bits per heavy atom. The minimum atomic E-state index is -0.461. The van der Waals surface area contributed by atoms with Crippen molar-refractivity contribution in [3.63, 3.8) is 0 Å². The van der Waals surface area contributed by atoms with E-state index in [0.29, 0.717) is 11.3 Å². The van der Waals surface area contributed by atoms with Crippen molar-refractivity contribution >= 4 is 23.4 Å². The Balaban J connectivity index is 1.34. The van der Waals surface area contributed by atoms with E-state index in [9.17, 15) is 9.59 Å². The van der Waals surface area contributed by atoms with E-state index < -0.39 is 6.10 Å². The van der Waals surface area contributed by atoms with Gasteiger partial charge in [0, 0.05) is 38.9 Å². The first-order valence-electron chi connectivity index (χ1n) is 9.65. The minimum Gasteiger partial charge on any atom is -0.479 e. The topological polar surface area (TPSA) is 84.0 Å².